The van der Waals surface area contributed by atoms with Crippen LogP contribution in [0.1, 0.15) is 5.56 Å². The van der Waals surface area contributed by atoms with E-state index in [-0.39, 0.29) is 12.1 Å². The van der Waals surface area contributed by atoms with Gasteiger partial charge in [0.2, 0.25) is 0 Å². The average Bonchev–Trinajstić information content (AvgIpc) is 2.49. The molecule has 0 saturated carbocycles. The summed E-state index contributed by atoms with van der Waals surface area (Å²) in [5, 5.41) is 0. The van der Waals surface area contributed by atoms with Gasteiger partial charge in [-0.15, -0.1) is 0 Å². The first kappa shape index (κ1) is 13.2. The number of rotatable bonds is 2. The molecule has 0 N–H and O–H groups in total. The van der Waals surface area contributed by atoms with Gasteiger partial charge in [0.05, 0.1) is 25.1 Å². The third-order valence-corrected chi connectivity index (χ3v) is 3.51. The Kier molecular flexibility index (Phi) is 3.75. The van der Waals surface area contributed by atoms with Crippen LogP contribution in [0.5, 0.6) is 0 Å². The maximum atomic E-state index is 13.8. The highest BCUT2D eigenvalue weighted by atomic mass is 19.1. The van der Waals surface area contributed by atoms with E-state index in [0.717, 1.165) is 13.1 Å². The predicted molar refractivity (Wildman–Crippen MR) is 73.8 cm³/mol. The first-order chi connectivity index (χ1) is 9.75. The summed E-state index contributed by atoms with van der Waals surface area (Å²) < 4.78 is 19.2. The molecule has 0 spiro atoms. The van der Waals surface area contributed by atoms with Crippen molar-refractivity contribution in [1.82, 2.24) is 14.8 Å². The molecule has 20 heavy (non-hydrogen) atoms. The molecule has 5 nitrogen and oxygen atoms in total. The Bertz CT molecular complexity index is 540. The molecule has 1 saturated heterocycles. The molecule has 6 heteroatoms. The molecule has 1 unspecified atom stereocenters. The van der Waals surface area contributed by atoms with E-state index in [4.69, 9.17) is 4.74 Å². The molecule has 2 aliphatic rings. The fourth-order valence-corrected chi connectivity index (χ4v) is 2.41. The number of pyridine rings is 1. The SMILES string of the molecule is CN1C=CC(c2ccncc2F)=NC1N1CCOCC1. The lowest BCUT2D eigenvalue weighted by Crippen LogP contribution is -2.50. The highest BCUT2D eigenvalue weighted by molar-refractivity contribution is 6.09. The van der Waals surface area contributed by atoms with E-state index in [1.54, 1.807) is 12.3 Å². The van der Waals surface area contributed by atoms with Crippen LogP contribution in [0.15, 0.2) is 35.7 Å². The van der Waals surface area contributed by atoms with Crippen molar-refractivity contribution >= 4 is 5.71 Å². The highest BCUT2D eigenvalue weighted by Crippen LogP contribution is 2.17. The standard InChI is InChI=1S/C14H17FN4O/c1-18-5-3-13(11-2-4-16-10-12(11)15)17-14(18)19-6-8-20-9-7-19/h2-5,10,14H,6-9H2,1H3. The topological polar surface area (TPSA) is 41.0 Å². The molecular formula is C14H17FN4O. The van der Waals surface area contributed by atoms with Crippen LogP contribution in [-0.4, -0.2) is 60.1 Å². The van der Waals surface area contributed by atoms with E-state index < -0.39 is 0 Å². The van der Waals surface area contributed by atoms with Crippen molar-refractivity contribution in [3.63, 3.8) is 0 Å². The third-order valence-electron chi connectivity index (χ3n) is 3.51. The highest BCUT2D eigenvalue weighted by Gasteiger charge is 2.25. The quantitative estimate of drug-likeness (QED) is 0.810. The number of aliphatic imine (C=N–C) groups is 1. The molecule has 0 radical (unpaired) electrons. The number of nitrogens with zero attached hydrogens (tertiary/aromatic N) is 4. The van der Waals surface area contributed by atoms with Crippen molar-refractivity contribution in [2.75, 3.05) is 33.4 Å². The van der Waals surface area contributed by atoms with E-state index in [9.17, 15) is 4.39 Å². The second kappa shape index (κ2) is 5.68. The number of hydrogen-bond acceptors (Lipinski definition) is 5. The van der Waals surface area contributed by atoms with E-state index in [0.29, 0.717) is 24.5 Å². The molecule has 3 rings (SSSR count). The minimum Gasteiger partial charge on any atom is -0.379 e. The summed E-state index contributed by atoms with van der Waals surface area (Å²) in [5.74, 6) is -0.346. The van der Waals surface area contributed by atoms with E-state index in [1.807, 2.05) is 24.2 Å². The number of halogens is 1. The van der Waals surface area contributed by atoms with Crippen molar-refractivity contribution < 1.29 is 9.13 Å². The first-order valence-corrected chi connectivity index (χ1v) is 6.65. The fourth-order valence-electron chi connectivity index (χ4n) is 2.41. The Morgan fingerprint density at radius 3 is 2.90 bits per heavy atom. The van der Waals surface area contributed by atoms with Gasteiger partial charge in [-0.05, 0) is 12.1 Å². The smallest absolute Gasteiger partial charge is 0.178 e. The largest absolute Gasteiger partial charge is 0.379 e. The summed E-state index contributed by atoms with van der Waals surface area (Å²) in [6, 6.07) is 1.65. The molecule has 0 bridgehead atoms. The summed E-state index contributed by atoms with van der Waals surface area (Å²) >= 11 is 0. The van der Waals surface area contributed by atoms with Crippen LogP contribution in [0, 0.1) is 5.82 Å². The molecule has 3 heterocycles. The summed E-state index contributed by atoms with van der Waals surface area (Å²) in [4.78, 5) is 12.7. The fraction of sp³-hybridized carbons (Fsp3) is 0.429. The van der Waals surface area contributed by atoms with Crippen LogP contribution < -0.4 is 0 Å². The number of allylic oxidation sites excluding steroid dienone is 1. The first-order valence-electron chi connectivity index (χ1n) is 6.65. The Labute approximate surface area is 117 Å². The van der Waals surface area contributed by atoms with Crippen molar-refractivity contribution in [2.45, 2.75) is 6.29 Å². The number of aromatic nitrogens is 1. The van der Waals surface area contributed by atoms with Crippen molar-refractivity contribution in [3.05, 3.63) is 42.1 Å². The third kappa shape index (κ3) is 2.57. The van der Waals surface area contributed by atoms with Crippen LogP contribution >= 0.6 is 0 Å². The van der Waals surface area contributed by atoms with Gasteiger partial charge in [0.1, 0.15) is 0 Å². The Morgan fingerprint density at radius 2 is 2.15 bits per heavy atom. The number of morpholine rings is 1. The summed E-state index contributed by atoms with van der Waals surface area (Å²) in [6.45, 7) is 3.09. The Hall–Kier alpha value is -1.79. The minimum atomic E-state index is -0.346. The molecule has 0 amide bonds. The average molecular weight is 276 g/mol. The molecular weight excluding hydrogens is 259 g/mol. The lowest BCUT2D eigenvalue weighted by atomic mass is 10.1. The molecule has 1 aromatic rings. The second-order valence-corrected chi connectivity index (χ2v) is 4.85. The predicted octanol–water partition coefficient (Wildman–Crippen LogP) is 1.08. The summed E-state index contributed by atoms with van der Waals surface area (Å²) in [5.41, 5.74) is 1.14. The normalized spacial score (nSPS) is 23.8. The van der Waals surface area contributed by atoms with E-state index >= 15 is 0 Å². The summed E-state index contributed by atoms with van der Waals surface area (Å²) in [7, 11) is 1.97. The van der Waals surface area contributed by atoms with Gasteiger partial charge >= 0.3 is 0 Å². The van der Waals surface area contributed by atoms with Gasteiger partial charge in [0.15, 0.2) is 12.1 Å². The molecule has 1 aromatic heterocycles. The summed E-state index contributed by atoms with van der Waals surface area (Å²) in [6.07, 6.45) is 6.45. The zero-order valence-corrected chi connectivity index (χ0v) is 11.4. The van der Waals surface area contributed by atoms with E-state index in [1.165, 1.54) is 6.20 Å². The van der Waals surface area contributed by atoms with Gasteiger partial charge in [-0.25, -0.2) is 9.38 Å². The van der Waals surface area contributed by atoms with Crippen LogP contribution in [0.3, 0.4) is 0 Å². The van der Waals surface area contributed by atoms with Crippen LogP contribution in [-0.2, 0) is 4.74 Å². The maximum absolute atomic E-state index is 13.8. The van der Waals surface area contributed by atoms with Gasteiger partial charge in [0, 0.05) is 38.1 Å². The van der Waals surface area contributed by atoms with Crippen molar-refractivity contribution in [2.24, 2.45) is 4.99 Å². The van der Waals surface area contributed by atoms with Gasteiger partial charge < -0.3 is 9.64 Å². The molecule has 1 fully saturated rings. The molecule has 2 aliphatic heterocycles. The van der Waals surface area contributed by atoms with Crippen LogP contribution in [0.2, 0.25) is 0 Å². The van der Waals surface area contributed by atoms with Crippen molar-refractivity contribution in [3.8, 4) is 0 Å². The zero-order chi connectivity index (χ0) is 13.9. The van der Waals surface area contributed by atoms with Crippen LogP contribution in [0.4, 0.5) is 4.39 Å². The maximum Gasteiger partial charge on any atom is 0.178 e. The molecule has 0 aromatic carbocycles. The van der Waals surface area contributed by atoms with Gasteiger partial charge in [-0.1, -0.05) is 0 Å². The lowest BCUT2D eigenvalue weighted by molar-refractivity contribution is -0.0119. The number of hydrogen-bond donors (Lipinski definition) is 0. The van der Waals surface area contributed by atoms with Gasteiger partial charge in [-0.2, -0.15) is 0 Å². The van der Waals surface area contributed by atoms with Gasteiger partial charge in [-0.3, -0.25) is 9.88 Å². The molecule has 0 aliphatic carbocycles. The van der Waals surface area contributed by atoms with Gasteiger partial charge in [0.25, 0.3) is 0 Å². The van der Waals surface area contributed by atoms with E-state index in [2.05, 4.69) is 14.9 Å². The monoisotopic (exact) mass is 276 g/mol. The molecule has 106 valence electrons. The van der Waals surface area contributed by atoms with Crippen LogP contribution in [0.25, 0.3) is 0 Å². The minimum absolute atomic E-state index is 0.105. The van der Waals surface area contributed by atoms with Crippen molar-refractivity contribution in [1.29, 1.82) is 0 Å². The zero-order valence-electron chi connectivity index (χ0n) is 11.4. The molecule has 1 atom stereocenters. The number of ether oxygens (including phenoxy) is 1. The Morgan fingerprint density at radius 1 is 1.35 bits per heavy atom. The second-order valence-electron chi connectivity index (χ2n) is 4.85. The lowest BCUT2D eigenvalue weighted by Gasteiger charge is -2.38. The Balaban J connectivity index is 1.88.